The average molecular weight is 828 g/mol. The highest BCUT2D eigenvalue weighted by Crippen LogP contribution is 2.58. The van der Waals surface area contributed by atoms with Crippen LogP contribution in [0.25, 0.3) is 0 Å². The predicted molar refractivity (Wildman–Crippen MR) is 226 cm³/mol. The van der Waals surface area contributed by atoms with Gasteiger partial charge < -0.3 is 23.5 Å². The van der Waals surface area contributed by atoms with E-state index in [1.54, 1.807) is 0 Å². The van der Waals surface area contributed by atoms with Crippen LogP contribution in [0.5, 0.6) is 0 Å². The first-order chi connectivity index (χ1) is 26.9. The molecule has 4 bridgehead atoms. The summed E-state index contributed by atoms with van der Waals surface area (Å²) in [6, 6.07) is 20.6. The molecule has 0 aromatic heterocycles. The summed E-state index contributed by atoms with van der Waals surface area (Å²) < 4.78 is 57.3. The van der Waals surface area contributed by atoms with E-state index in [9.17, 15) is 13.2 Å². The second-order valence-electron chi connectivity index (χ2n) is 18.8. The topological polar surface area (TPSA) is 118 Å². The van der Waals surface area contributed by atoms with E-state index in [4.69, 9.17) is 22.8 Å². The van der Waals surface area contributed by atoms with Crippen LogP contribution in [0, 0.1) is 22.7 Å². The molecule has 6 atom stereocenters. The Bertz CT molecular complexity index is 1670. The van der Waals surface area contributed by atoms with Crippen molar-refractivity contribution in [2.24, 2.45) is 22.7 Å². The molecule has 318 valence electrons. The minimum absolute atomic E-state index is 0.00742. The summed E-state index contributed by atoms with van der Waals surface area (Å²) >= 11 is 0. The van der Waals surface area contributed by atoms with Gasteiger partial charge in [0.05, 0.1) is 24.9 Å². The number of hydrogen-bond acceptors (Lipinski definition) is 9. The van der Waals surface area contributed by atoms with Crippen molar-refractivity contribution in [1.82, 2.24) is 4.90 Å². The van der Waals surface area contributed by atoms with Gasteiger partial charge in [0.25, 0.3) is 18.4 Å². The van der Waals surface area contributed by atoms with E-state index in [0.29, 0.717) is 25.7 Å². The number of methoxy groups -OCH3 is 1. The van der Waals surface area contributed by atoms with Crippen LogP contribution < -0.4 is 10.4 Å². The van der Waals surface area contributed by atoms with E-state index in [1.165, 1.54) is 7.11 Å². The van der Waals surface area contributed by atoms with Gasteiger partial charge in [0, 0.05) is 25.0 Å². The molecule has 0 radical (unpaired) electrons. The van der Waals surface area contributed by atoms with Gasteiger partial charge in [0.2, 0.25) is 5.91 Å². The molecular formula is C45H69NO9SSi. The van der Waals surface area contributed by atoms with Gasteiger partial charge in [-0.05, 0) is 80.1 Å². The van der Waals surface area contributed by atoms with Crippen molar-refractivity contribution in [2.45, 2.75) is 142 Å². The molecular weight excluding hydrogens is 759 g/mol. The van der Waals surface area contributed by atoms with Gasteiger partial charge in [-0.1, -0.05) is 120 Å². The number of benzene rings is 2. The summed E-state index contributed by atoms with van der Waals surface area (Å²) in [7, 11) is -5.56. The van der Waals surface area contributed by atoms with Crippen LogP contribution in [0.2, 0.25) is 5.04 Å². The van der Waals surface area contributed by atoms with Crippen LogP contribution in [0.15, 0.2) is 60.7 Å². The molecule has 1 amide bonds. The molecule has 57 heavy (non-hydrogen) atoms. The summed E-state index contributed by atoms with van der Waals surface area (Å²) in [5, 5.41) is 1.88. The molecule has 6 unspecified atom stereocenters. The van der Waals surface area contributed by atoms with Crippen LogP contribution in [-0.2, 0) is 42.5 Å². The lowest BCUT2D eigenvalue weighted by molar-refractivity contribution is -0.213. The van der Waals surface area contributed by atoms with Gasteiger partial charge in [-0.2, -0.15) is 8.42 Å². The molecule has 3 fully saturated rings. The Labute approximate surface area is 344 Å². The summed E-state index contributed by atoms with van der Waals surface area (Å²) in [6.45, 7) is 12.4. The van der Waals surface area contributed by atoms with Crippen LogP contribution >= 0.6 is 0 Å². The molecule has 1 saturated carbocycles. The van der Waals surface area contributed by atoms with Crippen molar-refractivity contribution in [1.29, 1.82) is 0 Å². The molecule has 0 N–H and O–H groups in total. The normalized spacial score (nSPS) is 26.1. The van der Waals surface area contributed by atoms with E-state index in [0.717, 1.165) is 68.0 Å². The largest absolute Gasteiger partial charge is 0.465 e. The minimum atomic E-state index is -3.90. The van der Waals surface area contributed by atoms with Gasteiger partial charge in [-0.3, -0.25) is 13.8 Å². The number of ether oxygens (including phenoxy) is 3. The van der Waals surface area contributed by atoms with Crippen LogP contribution in [0.3, 0.4) is 0 Å². The zero-order valence-corrected chi connectivity index (χ0v) is 37.6. The number of piperidine rings is 1. The van der Waals surface area contributed by atoms with Crippen molar-refractivity contribution in [3.63, 3.8) is 0 Å². The number of hydrogen-bond donors (Lipinski definition) is 0. The number of rotatable bonds is 13. The molecule has 1 aliphatic carbocycles. The van der Waals surface area contributed by atoms with Crippen molar-refractivity contribution < 1.29 is 40.8 Å². The fourth-order valence-electron chi connectivity index (χ4n) is 10.1. The highest BCUT2D eigenvalue weighted by molar-refractivity contribution is 7.86. The van der Waals surface area contributed by atoms with E-state index < -0.39 is 41.6 Å². The molecule has 0 spiro atoms. The van der Waals surface area contributed by atoms with Crippen molar-refractivity contribution in [3.8, 4) is 0 Å². The van der Waals surface area contributed by atoms with Crippen molar-refractivity contribution >= 4 is 40.7 Å². The second kappa shape index (κ2) is 19.2. The molecule has 2 saturated heterocycles. The molecule has 5 rings (SSSR count). The van der Waals surface area contributed by atoms with E-state index in [2.05, 4.69) is 74.2 Å². The smallest absolute Gasteiger partial charge is 0.311 e. The van der Waals surface area contributed by atoms with E-state index >= 15 is 4.79 Å². The fraction of sp³-hybridized carbons (Fsp3) is 0.689. The second-order valence-corrected chi connectivity index (χ2v) is 24.6. The van der Waals surface area contributed by atoms with Crippen molar-refractivity contribution in [3.05, 3.63) is 60.7 Å². The first-order valence-corrected chi connectivity index (χ1v) is 24.9. The standard InChI is InChI=1S/C45H69NO9SSi/c1-43(2,3)42(48)53-32-45-29-21-13-11-9-10-12-20-26-40(47)46-39(45)28-27-36(38(31-52-33-51-7)54-56(8,49)50)37(45)30-41(46)55-57(44(4,5)6,34-22-16-14-17-23-34)35-24-18-15-19-25-35/h14-19,22-25,36-39,41H,9-13,20-21,26-33H2,1-8H3. The number of esters is 1. The Kier molecular flexibility index (Phi) is 15.3. The Morgan fingerprint density at radius 3 is 2.00 bits per heavy atom. The average Bonchev–Trinajstić information content (AvgIpc) is 3.15. The maximum atomic E-state index is 15.1. The Hall–Kier alpha value is -2.61. The van der Waals surface area contributed by atoms with Gasteiger partial charge in [0.15, 0.2) is 0 Å². The summed E-state index contributed by atoms with van der Waals surface area (Å²) in [5.41, 5.74) is -1.41. The van der Waals surface area contributed by atoms with Gasteiger partial charge in [-0.25, -0.2) is 0 Å². The molecule has 10 nitrogen and oxygen atoms in total. The third kappa shape index (κ3) is 10.6. The number of carbonyl (C=O) groups excluding carboxylic acids is 2. The Morgan fingerprint density at radius 2 is 1.46 bits per heavy atom. The first kappa shape index (κ1) is 45.5. The first-order valence-electron chi connectivity index (χ1n) is 21.2. The maximum Gasteiger partial charge on any atom is 0.311 e. The van der Waals surface area contributed by atoms with Crippen LogP contribution in [0.1, 0.15) is 119 Å². The van der Waals surface area contributed by atoms with Crippen LogP contribution in [0.4, 0.5) is 0 Å². The zero-order chi connectivity index (χ0) is 41.5. The Morgan fingerprint density at radius 1 is 0.877 bits per heavy atom. The van der Waals surface area contributed by atoms with Crippen LogP contribution in [-0.4, -0.2) is 85.3 Å². The lowest BCUT2D eigenvalue weighted by atomic mass is 9.53. The Balaban J connectivity index is 1.75. The minimum Gasteiger partial charge on any atom is -0.465 e. The molecule has 2 heterocycles. The lowest BCUT2D eigenvalue weighted by Crippen LogP contribution is -2.74. The third-order valence-corrected chi connectivity index (χ3v) is 18.3. The van der Waals surface area contributed by atoms with Gasteiger partial charge in [-0.15, -0.1) is 0 Å². The highest BCUT2D eigenvalue weighted by Gasteiger charge is 2.63. The van der Waals surface area contributed by atoms with Gasteiger partial charge in [0.1, 0.15) is 19.1 Å². The monoisotopic (exact) mass is 827 g/mol. The fourth-order valence-corrected chi connectivity index (χ4v) is 15.4. The molecule has 3 aliphatic rings. The predicted octanol–water partition coefficient (Wildman–Crippen LogP) is 7.58. The highest BCUT2D eigenvalue weighted by atomic mass is 32.2. The van der Waals surface area contributed by atoms with Gasteiger partial charge >= 0.3 is 5.97 Å². The number of carbonyl (C=O) groups is 2. The summed E-state index contributed by atoms with van der Waals surface area (Å²) in [6.07, 6.45) is 9.38. The SMILES string of the molecule is COCOCC(OS(C)(=O)=O)C1CCC2N3C(=O)CCCCCCCCCC2(COC(=O)C(C)(C)C)C1CC3O[Si](c1ccccc1)(c1ccccc1)C(C)(C)C. The van der Waals surface area contributed by atoms with E-state index in [-0.39, 0.29) is 54.8 Å². The van der Waals surface area contributed by atoms with Crippen molar-refractivity contribution in [2.75, 3.05) is 33.4 Å². The third-order valence-electron chi connectivity index (χ3n) is 12.7. The zero-order valence-electron chi connectivity index (χ0n) is 35.8. The summed E-state index contributed by atoms with van der Waals surface area (Å²) in [5.74, 6) is -0.776. The quantitative estimate of drug-likeness (QED) is 0.0663. The molecule has 2 aromatic rings. The maximum absolute atomic E-state index is 15.1. The van der Waals surface area contributed by atoms with E-state index in [1.807, 2.05) is 32.9 Å². The number of amides is 1. The molecule has 2 aromatic carbocycles. The number of nitrogens with zero attached hydrogens (tertiary/aromatic N) is 1. The lowest BCUT2D eigenvalue weighted by Gasteiger charge is -2.63. The molecule has 2 aliphatic heterocycles. The molecule has 12 heteroatoms. The summed E-state index contributed by atoms with van der Waals surface area (Å²) in [4.78, 5) is 30.8.